The summed E-state index contributed by atoms with van der Waals surface area (Å²) in [6.07, 6.45) is -4.45. The van der Waals surface area contributed by atoms with Crippen LogP contribution in [-0.2, 0) is 11.0 Å². The molecule has 26 heavy (non-hydrogen) atoms. The lowest BCUT2D eigenvalue weighted by atomic mass is 10.1. The minimum absolute atomic E-state index is 0.106. The standard InChI is InChI=1S/C18H17F3N2O3/c1-2-22-16(24)11-26-15-9-7-14(8-10-15)23-17(25)12-3-5-13(6-4-12)18(19,20)21/h3-10H,2,11H2,1H3,(H,22,24)(H,23,25). The molecule has 0 unspecified atom stereocenters. The Balaban J connectivity index is 1.94. The summed E-state index contributed by atoms with van der Waals surface area (Å²) in [5.74, 6) is -0.328. The molecule has 0 atom stereocenters. The SMILES string of the molecule is CCNC(=O)COc1ccc(NC(=O)c2ccc(C(F)(F)F)cc2)cc1. The third-order valence-electron chi connectivity index (χ3n) is 3.33. The fourth-order valence-corrected chi connectivity index (χ4v) is 2.05. The Morgan fingerprint density at radius 2 is 1.62 bits per heavy atom. The van der Waals surface area contributed by atoms with Crippen LogP contribution in [0.15, 0.2) is 48.5 Å². The number of halogens is 3. The van der Waals surface area contributed by atoms with Gasteiger partial charge in [0.25, 0.3) is 11.8 Å². The zero-order valence-electron chi connectivity index (χ0n) is 13.9. The van der Waals surface area contributed by atoms with Gasteiger partial charge in [-0.1, -0.05) is 0 Å². The Labute approximate surface area is 148 Å². The second-order valence-electron chi connectivity index (χ2n) is 5.30. The average molecular weight is 366 g/mol. The molecule has 0 radical (unpaired) electrons. The first-order chi connectivity index (χ1) is 12.3. The van der Waals surface area contributed by atoms with Gasteiger partial charge in [0, 0.05) is 17.8 Å². The highest BCUT2D eigenvalue weighted by Crippen LogP contribution is 2.29. The highest BCUT2D eigenvalue weighted by atomic mass is 19.4. The van der Waals surface area contributed by atoms with Crippen molar-refractivity contribution in [3.05, 3.63) is 59.7 Å². The summed E-state index contributed by atoms with van der Waals surface area (Å²) in [5, 5.41) is 5.17. The highest BCUT2D eigenvalue weighted by molar-refractivity contribution is 6.04. The molecule has 0 aromatic heterocycles. The van der Waals surface area contributed by atoms with Crippen LogP contribution in [0.1, 0.15) is 22.8 Å². The summed E-state index contributed by atoms with van der Waals surface area (Å²) in [6, 6.07) is 10.2. The monoisotopic (exact) mass is 366 g/mol. The van der Waals surface area contributed by atoms with Crippen LogP contribution in [0.2, 0.25) is 0 Å². The van der Waals surface area contributed by atoms with Gasteiger partial charge in [-0.25, -0.2) is 0 Å². The number of benzene rings is 2. The van der Waals surface area contributed by atoms with E-state index in [9.17, 15) is 22.8 Å². The van der Waals surface area contributed by atoms with Crippen LogP contribution in [0.3, 0.4) is 0 Å². The molecule has 8 heteroatoms. The summed E-state index contributed by atoms with van der Waals surface area (Å²) in [6.45, 7) is 2.19. The number of carbonyl (C=O) groups is 2. The largest absolute Gasteiger partial charge is 0.484 e. The van der Waals surface area contributed by atoms with Gasteiger partial charge in [0.05, 0.1) is 5.56 Å². The number of hydrogen-bond donors (Lipinski definition) is 2. The Kier molecular flexibility index (Phi) is 6.21. The van der Waals surface area contributed by atoms with Crippen molar-refractivity contribution < 1.29 is 27.5 Å². The van der Waals surface area contributed by atoms with E-state index in [4.69, 9.17) is 4.74 Å². The molecule has 0 saturated heterocycles. The molecule has 2 amide bonds. The van der Waals surface area contributed by atoms with E-state index in [0.29, 0.717) is 18.0 Å². The first-order valence-electron chi connectivity index (χ1n) is 7.77. The average Bonchev–Trinajstić information content (AvgIpc) is 2.61. The van der Waals surface area contributed by atoms with E-state index in [2.05, 4.69) is 10.6 Å². The van der Waals surface area contributed by atoms with Crippen LogP contribution >= 0.6 is 0 Å². The first kappa shape index (κ1) is 19.3. The molecule has 138 valence electrons. The molecule has 0 aliphatic carbocycles. The highest BCUT2D eigenvalue weighted by Gasteiger charge is 2.30. The number of carbonyl (C=O) groups excluding carboxylic acids is 2. The van der Waals surface area contributed by atoms with Gasteiger partial charge in [-0.2, -0.15) is 13.2 Å². The topological polar surface area (TPSA) is 67.4 Å². The summed E-state index contributed by atoms with van der Waals surface area (Å²) >= 11 is 0. The van der Waals surface area contributed by atoms with Crippen LogP contribution in [0.5, 0.6) is 5.75 Å². The maximum absolute atomic E-state index is 12.5. The molecule has 0 aliphatic rings. The second-order valence-corrected chi connectivity index (χ2v) is 5.30. The Hall–Kier alpha value is -3.03. The van der Waals surface area contributed by atoms with Crippen molar-refractivity contribution in [3.63, 3.8) is 0 Å². The predicted octanol–water partition coefficient (Wildman–Crippen LogP) is 3.47. The third kappa shape index (κ3) is 5.51. The first-order valence-corrected chi connectivity index (χ1v) is 7.77. The van der Waals surface area contributed by atoms with Crippen molar-refractivity contribution in [3.8, 4) is 5.75 Å². The maximum Gasteiger partial charge on any atom is 0.416 e. The van der Waals surface area contributed by atoms with Gasteiger partial charge in [-0.3, -0.25) is 9.59 Å². The van der Waals surface area contributed by atoms with Crippen LogP contribution in [0.25, 0.3) is 0 Å². The number of amides is 2. The van der Waals surface area contributed by atoms with E-state index in [1.807, 2.05) is 0 Å². The zero-order valence-corrected chi connectivity index (χ0v) is 13.9. The smallest absolute Gasteiger partial charge is 0.416 e. The summed E-state index contributed by atoms with van der Waals surface area (Å²) in [5.41, 5.74) is -0.266. The van der Waals surface area contributed by atoms with Crippen molar-refractivity contribution in [1.82, 2.24) is 5.32 Å². The van der Waals surface area contributed by atoms with Gasteiger partial charge in [0.15, 0.2) is 6.61 Å². The molecule has 5 nitrogen and oxygen atoms in total. The van der Waals surface area contributed by atoms with Gasteiger partial charge in [-0.15, -0.1) is 0 Å². The molecule has 2 aromatic carbocycles. The fraction of sp³-hybridized carbons (Fsp3) is 0.222. The number of rotatable bonds is 6. The molecule has 0 saturated carbocycles. The summed E-state index contributed by atoms with van der Waals surface area (Å²) in [7, 11) is 0. The van der Waals surface area contributed by atoms with Gasteiger partial charge in [-0.05, 0) is 55.5 Å². The van der Waals surface area contributed by atoms with Crippen LogP contribution in [0, 0.1) is 0 Å². The number of hydrogen-bond acceptors (Lipinski definition) is 3. The summed E-state index contributed by atoms with van der Waals surface area (Å²) < 4.78 is 42.8. The molecule has 0 aliphatic heterocycles. The Bertz CT molecular complexity index is 757. The molecule has 2 N–H and O–H groups in total. The molecule has 0 heterocycles. The van der Waals surface area contributed by atoms with Crippen molar-refractivity contribution in [2.45, 2.75) is 13.1 Å². The van der Waals surface area contributed by atoms with E-state index in [1.165, 1.54) is 0 Å². The lowest BCUT2D eigenvalue weighted by Gasteiger charge is -2.09. The van der Waals surface area contributed by atoms with Crippen LogP contribution in [0.4, 0.5) is 18.9 Å². The van der Waals surface area contributed by atoms with Crippen molar-refractivity contribution >= 4 is 17.5 Å². The second kappa shape index (κ2) is 8.37. The fourth-order valence-electron chi connectivity index (χ4n) is 2.05. The van der Waals surface area contributed by atoms with Crippen LogP contribution in [-0.4, -0.2) is 25.0 Å². The van der Waals surface area contributed by atoms with E-state index >= 15 is 0 Å². The molecular weight excluding hydrogens is 349 g/mol. The van der Waals surface area contributed by atoms with E-state index in [1.54, 1.807) is 31.2 Å². The molecular formula is C18H17F3N2O3. The van der Waals surface area contributed by atoms with E-state index in [0.717, 1.165) is 24.3 Å². The minimum atomic E-state index is -4.45. The van der Waals surface area contributed by atoms with Gasteiger partial charge in [0.2, 0.25) is 0 Å². The van der Waals surface area contributed by atoms with Crippen molar-refractivity contribution in [1.29, 1.82) is 0 Å². The van der Waals surface area contributed by atoms with Gasteiger partial charge in [0.1, 0.15) is 5.75 Å². The quantitative estimate of drug-likeness (QED) is 0.823. The lowest BCUT2D eigenvalue weighted by Crippen LogP contribution is -2.28. The third-order valence-corrected chi connectivity index (χ3v) is 3.33. The number of anilines is 1. The van der Waals surface area contributed by atoms with Crippen molar-refractivity contribution in [2.75, 3.05) is 18.5 Å². The lowest BCUT2D eigenvalue weighted by molar-refractivity contribution is -0.137. The number of likely N-dealkylation sites (N-methyl/N-ethyl adjacent to an activating group) is 1. The normalized spacial score (nSPS) is 10.9. The number of alkyl halides is 3. The van der Waals surface area contributed by atoms with Crippen LogP contribution < -0.4 is 15.4 Å². The van der Waals surface area contributed by atoms with Crippen molar-refractivity contribution in [2.24, 2.45) is 0 Å². The number of ether oxygens (including phenoxy) is 1. The minimum Gasteiger partial charge on any atom is -0.484 e. The maximum atomic E-state index is 12.5. The molecule has 0 fully saturated rings. The molecule has 0 bridgehead atoms. The Morgan fingerprint density at radius 1 is 1.00 bits per heavy atom. The molecule has 2 rings (SSSR count). The van der Waals surface area contributed by atoms with E-state index in [-0.39, 0.29) is 18.1 Å². The number of nitrogens with one attached hydrogen (secondary N) is 2. The predicted molar refractivity (Wildman–Crippen MR) is 90.0 cm³/mol. The van der Waals surface area contributed by atoms with Gasteiger partial charge >= 0.3 is 6.18 Å². The summed E-state index contributed by atoms with van der Waals surface area (Å²) in [4.78, 5) is 23.4. The Morgan fingerprint density at radius 3 is 2.15 bits per heavy atom. The van der Waals surface area contributed by atoms with Gasteiger partial charge < -0.3 is 15.4 Å². The van der Waals surface area contributed by atoms with E-state index < -0.39 is 17.6 Å². The molecule has 2 aromatic rings. The molecule has 0 spiro atoms. The zero-order chi connectivity index (χ0) is 19.2.